The van der Waals surface area contributed by atoms with Gasteiger partial charge in [0.1, 0.15) is 0 Å². The maximum atomic E-state index is 7.16. The van der Waals surface area contributed by atoms with Crippen molar-refractivity contribution in [1.82, 2.24) is 0 Å². The van der Waals surface area contributed by atoms with Crippen molar-refractivity contribution < 1.29 is 0 Å². The SMILES string of the molecule is CCCC(CCC)CC(=N)N. The minimum absolute atomic E-state index is 0.344. The molecule has 0 fully saturated rings. The van der Waals surface area contributed by atoms with Gasteiger partial charge in [-0.1, -0.05) is 39.5 Å². The Hall–Kier alpha value is -0.530. The van der Waals surface area contributed by atoms with Crippen molar-refractivity contribution in [3.63, 3.8) is 0 Å². The van der Waals surface area contributed by atoms with Gasteiger partial charge in [-0.25, -0.2) is 0 Å². The van der Waals surface area contributed by atoms with Gasteiger partial charge in [0, 0.05) is 6.42 Å². The summed E-state index contributed by atoms with van der Waals surface area (Å²) in [7, 11) is 0. The molecule has 0 heterocycles. The summed E-state index contributed by atoms with van der Waals surface area (Å²) in [5.74, 6) is 0.999. The number of nitrogens with two attached hydrogens (primary N) is 1. The van der Waals surface area contributed by atoms with E-state index in [0.29, 0.717) is 11.8 Å². The third-order valence-electron chi connectivity index (χ3n) is 1.90. The average molecular weight is 156 g/mol. The van der Waals surface area contributed by atoms with Crippen LogP contribution < -0.4 is 5.73 Å². The molecule has 0 saturated carbocycles. The molecule has 2 nitrogen and oxygen atoms in total. The molecule has 0 aliphatic carbocycles. The summed E-state index contributed by atoms with van der Waals surface area (Å²) in [5, 5.41) is 7.16. The number of hydrogen-bond donors (Lipinski definition) is 2. The fraction of sp³-hybridized carbons (Fsp3) is 0.889. The maximum Gasteiger partial charge on any atom is 0.0908 e. The van der Waals surface area contributed by atoms with Gasteiger partial charge in [0.15, 0.2) is 0 Å². The van der Waals surface area contributed by atoms with E-state index in [2.05, 4.69) is 13.8 Å². The summed E-state index contributed by atoms with van der Waals surface area (Å²) in [6.45, 7) is 4.37. The fourth-order valence-electron chi connectivity index (χ4n) is 1.48. The highest BCUT2D eigenvalue weighted by Gasteiger charge is 2.07. The van der Waals surface area contributed by atoms with Crippen molar-refractivity contribution in [3.05, 3.63) is 0 Å². The Labute approximate surface area is 69.7 Å². The van der Waals surface area contributed by atoms with Gasteiger partial charge in [-0.05, 0) is 5.92 Å². The van der Waals surface area contributed by atoms with Gasteiger partial charge < -0.3 is 5.73 Å². The van der Waals surface area contributed by atoms with Crippen LogP contribution in [0.15, 0.2) is 0 Å². The number of nitrogens with one attached hydrogen (secondary N) is 1. The summed E-state index contributed by atoms with van der Waals surface area (Å²) in [6.07, 6.45) is 5.64. The molecule has 2 heteroatoms. The van der Waals surface area contributed by atoms with Gasteiger partial charge in [-0.3, -0.25) is 5.41 Å². The third kappa shape index (κ3) is 5.89. The van der Waals surface area contributed by atoms with E-state index in [-0.39, 0.29) is 0 Å². The molecule has 0 aromatic rings. The maximum absolute atomic E-state index is 7.16. The van der Waals surface area contributed by atoms with Gasteiger partial charge in [-0.2, -0.15) is 0 Å². The predicted molar refractivity (Wildman–Crippen MR) is 49.8 cm³/mol. The Balaban J connectivity index is 3.59. The summed E-state index contributed by atoms with van der Waals surface area (Å²) in [4.78, 5) is 0. The largest absolute Gasteiger partial charge is 0.388 e. The van der Waals surface area contributed by atoms with Crippen molar-refractivity contribution in [2.24, 2.45) is 11.7 Å². The summed E-state index contributed by atoms with van der Waals surface area (Å²) in [5.41, 5.74) is 5.34. The van der Waals surface area contributed by atoms with E-state index >= 15 is 0 Å². The van der Waals surface area contributed by atoms with Crippen molar-refractivity contribution in [2.75, 3.05) is 0 Å². The molecule has 0 aromatic carbocycles. The first kappa shape index (κ1) is 10.5. The first-order valence-electron chi connectivity index (χ1n) is 4.53. The molecule has 0 saturated heterocycles. The zero-order chi connectivity index (χ0) is 8.69. The second-order valence-corrected chi connectivity index (χ2v) is 3.17. The quantitative estimate of drug-likeness (QED) is 0.450. The number of rotatable bonds is 6. The van der Waals surface area contributed by atoms with Gasteiger partial charge in [-0.15, -0.1) is 0 Å². The molecule has 0 aromatic heterocycles. The highest BCUT2D eigenvalue weighted by Crippen LogP contribution is 2.16. The third-order valence-corrected chi connectivity index (χ3v) is 1.90. The lowest BCUT2D eigenvalue weighted by Crippen LogP contribution is -2.15. The molecule has 0 unspecified atom stereocenters. The summed E-state index contributed by atoms with van der Waals surface area (Å²) < 4.78 is 0. The molecule has 0 atom stereocenters. The van der Waals surface area contributed by atoms with Gasteiger partial charge >= 0.3 is 0 Å². The average Bonchev–Trinajstić information content (AvgIpc) is 1.87. The molecular formula is C9H20N2. The molecule has 0 aliphatic heterocycles. The van der Waals surface area contributed by atoms with E-state index in [0.717, 1.165) is 6.42 Å². The highest BCUT2D eigenvalue weighted by atomic mass is 14.7. The van der Waals surface area contributed by atoms with Crippen LogP contribution in [-0.4, -0.2) is 5.84 Å². The van der Waals surface area contributed by atoms with Crippen LogP contribution in [0.5, 0.6) is 0 Å². The van der Waals surface area contributed by atoms with Gasteiger partial charge in [0.25, 0.3) is 0 Å². The minimum atomic E-state index is 0.344. The van der Waals surface area contributed by atoms with Crippen LogP contribution in [0.1, 0.15) is 46.0 Å². The monoisotopic (exact) mass is 156 g/mol. The standard InChI is InChI=1S/C9H20N2/c1-3-5-8(6-4-2)7-9(10)11/h8H,3-7H2,1-2H3,(H3,10,11). The molecule has 0 radical (unpaired) electrons. The molecule has 11 heavy (non-hydrogen) atoms. The van der Waals surface area contributed by atoms with Crippen molar-refractivity contribution >= 4 is 5.84 Å². The van der Waals surface area contributed by atoms with Crippen LogP contribution in [0.3, 0.4) is 0 Å². The van der Waals surface area contributed by atoms with Crippen molar-refractivity contribution in [3.8, 4) is 0 Å². The molecule has 0 aliphatic rings. The Morgan fingerprint density at radius 3 is 2.00 bits per heavy atom. The van der Waals surface area contributed by atoms with Crippen LogP contribution in [0.2, 0.25) is 0 Å². The Morgan fingerprint density at radius 2 is 1.73 bits per heavy atom. The van der Waals surface area contributed by atoms with Crippen LogP contribution in [0, 0.1) is 11.3 Å². The predicted octanol–water partition coefficient (Wildman–Crippen LogP) is 2.53. The number of amidine groups is 1. The highest BCUT2D eigenvalue weighted by molar-refractivity contribution is 5.77. The van der Waals surface area contributed by atoms with E-state index in [1.54, 1.807) is 0 Å². The van der Waals surface area contributed by atoms with E-state index in [9.17, 15) is 0 Å². The second-order valence-electron chi connectivity index (χ2n) is 3.17. The van der Waals surface area contributed by atoms with Gasteiger partial charge in [0.05, 0.1) is 5.84 Å². The normalized spacial score (nSPS) is 10.5. The van der Waals surface area contributed by atoms with Crippen LogP contribution >= 0.6 is 0 Å². The van der Waals surface area contributed by atoms with E-state index < -0.39 is 0 Å². The summed E-state index contributed by atoms with van der Waals surface area (Å²) >= 11 is 0. The van der Waals surface area contributed by atoms with Gasteiger partial charge in [0.2, 0.25) is 0 Å². The lowest BCUT2D eigenvalue weighted by molar-refractivity contribution is 0.453. The zero-order valence-corrected chi connectivity index (χ0v) is 7.69. The Morgan fingerprint density at radius 1 is 1.27 bits per heavy atom. The molecule has 0 rings (SSSR count). The Bertz CT molecular complexity index is 104. The minimum Gasteiger partial charge on any atom is -0.388 e. The molecule has 0 amide bonds. The molecule has 0 spiro atoms. The van der Waals surface area contributed by atoms with Crippen molar-refractivity contribution in [2.45, 2.75) is 46.0 Å². The lowest BCUT2D eigenvalue weighted by Gasteiger charge is -2.13. The summed E-state index contributed by atoms with van der Waals surface area (Å²) in [6, 6.07) is 0. The van der Waals surface area contributed by atoms with Crippen LogP contribution in [0.25, 0.3) is 0 Å². The second kappa shape index (κ2) is 6.20. The topological polar surface area (TPSA) is 49.9 Å². The van der Waals surface area contributed by atoms with Crippen molar-refractivity contribution in [1.29, 1.82) is 5.41 Å². The van der Waals surface area contributed by atoms with E-state index in [1.165, 1.54) is 25.7 Å². The molecule has 3 N–H and O–H groups in total. The smallest absolute Gasteiger partial charge is 0.0908 e. The first-order chi connectivity index (χ1) is 5.20. The van der Waals surface area contributed by atoms with Crippen LogP contribution in [0.4, 0.5) is 0 Å². The fourth-order valence-corrected chi connectivity index (χ4v) is 1.48. The van der Waals surface area contributed by atoms with E-state index in [1.807, 2.05) is 0 Å². The molecule has 0 bridgehead atoms. The molecular weight excluding hydrogens is 136 g/mol. The number of hydrogen-bond acceptors (Lipinski definition) is 1. The lowest BCUT2D eigenvalue weighted by atomic mass is 9.94. The zero-order valence-electron chi connectivity index (χ0n) is 7.69. The Kier molecular flexibility index (Phi) is 5.90. The molecule has 66 valence electrons. The van der Waals surface area contributed by atoms with E-state index in [4.69, 9.17) is 11.1 Å². The first-order valence-corrected chi connectivity index (χ1v) is 4.53. The van der Waals surface area contributed by atoms with Crippen LogP contribution in [-0.2, 0) is 0 Å².